The van der Waals surface area contributed by atoms with Crippen LogP contribution in [0.15, 0.2) is 27.2 Å². The van der Waals surface area contributed by atoms with E-state index in [1.165, 1.54) is 4.68 Å². The van der Waals surface area contributed by atoms with Gasteiger partial charge >= 0.3 is 17.6 Å². The topological polar surface area (TPSA) is 167 Å². The normalized spacial score (nSPS) is 11.7. The summed E-state index contributed by atoms with van der Waals surface area (Å²) in [6.07, 6.45) is -0.759. The first-order chi connectivity index (χ1) is 16.6. The molecule has 3 aromatic rings. The number of nitrogens with one attached hydrogen (secondary N) is 2. The van der Waals surface area contributed by atoms with Gasteiger partial charge in [-0.3, -0.25) is 9.59 Å². The lowest BCUT2D eigenvalue weighted by Gasteiger charge is -2.16. The van der Waals surface area contributed by atoms with Crippen LogP contribution in [-0.2, 0) is 11.3 Å². The van der Waals surface area contributed by atoms with Gasteiger partial charge in [0, 0.05) is 18.1 Å². The van der Waals surface area contributed by atoms with Gasteiger partial charge in [0.25, 0.3) is 5.91 Å². The Bertz CT molecular complexity index is 1260. The summed E-state index contributed by atoms with van der Waals surface area (Å²) in [5.74, 6) is -0.967. The third kappa shape index (κ3) is 6.54. The quantitative estimate of drug-likeness (QED) is 0.211. The number of ether oxygens (including phenoxy) is 1. The Morgan fingerprint density at radius 1 is 1.31 bits per heavy atom. The van der Waals surface area contributed by atoms with Crippen LogP contribution in [0.2, 0.25) is 5.02 Å². The summed E-state index contributed by atoms with van der Waals surface area (Å²) in [6.45, 7) is 5.28. The number of aromatic nitrogens is 4. The van der Waals surface area contributed by atoms with Crippen molar-refractivity contribution in [2.75, 3.05) is 13.1 Å². The number of carbonyl (C=O) groups excluding carboxylic acids is 2. The Kier molecular flexibility index (Phi) is 8.40. The highest BCUT2D eigenvalue weighted by molar-refractivity contribution is 9.10. The van der Waals surface area contributed by atoms with Gasteiger partial charge in [-0.2, -0.15) is 9.67 Å². The number of rotatable bonds is 10. The van der Waals surface area contributed by atoms with E-state index in [0.29, 0.717) is 16.5 Å². The number of aryl methyl sites for hydroxylation is 1. The van der Waals surface area contributed by atoms with E-state index in [0.717, 1.165) is 5.56 Å². The molecule has 2 aromatic heterocycles. The van der Waals surface area contributed by atoms with Crippen molar-refractivity contribution >= 4 is 45.2 Å². The van der Waals surface area contributed by atoms with Crippen molar-refractivity contribution in [2.45, 2.75) is 33.4 Å². The maximum Gasteiger partial charge on any atom is 0.404 e. The van der Waals surface area contributed by atoms with E-state index in [-0.39, 0.29) is 47.5 Å². The molecule has 2 amide bonds. The minimum atomic E-state index is -0.759. The van der Waals surface area contributed by atoms with E-state index >= 15 is 0 Å². The van der Waals surface area contributed by atoms with Crippen LogP contribution in [0.5, 0.6) is 5.75 Å². The van der Waals surface area contributed by atoms with Gasteiger partial charge in [0.1, 0.15) is 16.8 Å². The van der Waals surface area contributed by atoms with Gasteiger partial charge in [0.05, 0.1) is 10.8 Å². The molecule has 0 radical (unpaired) electrons. The van der Waals surface area contributed by atoms with E-state index in [1.54, 1.807) is 32.0 Å². The number of benzene rings is 1. The second-order valence-electron chi connectivity index (χ2n) is 7.37. The summed E-state index contributed by atoms with van der Waals surface area (Å²) >= 11 is 9.04. The Labute approximate surface area is 212 Å². The summed E-state index contributed by atoms with van der Waals surface area (Å²) in [4.78, 5) is 38.8. The predicted molar refractivity (Wildman–Crippen MR) is 126 cm³/mol. The molecule has 1 atom stereocenters. The highest BCUT2D eigenvalue weighted by Crippen LogP contribution is 2.27. The van der Waals surface area contributed by atoms with Crippen molar-refractivity contribution in [3.63, 3.8) is 0 Å². The summed E-state index contributed by atoms with van der Waals surface area (Å²) < 4.78 is 12.2. The van der Waals surface area contributed by atoms with Crippen molar-refractivity contribution in [3.05, 3.63) is 60.8 Å². The van der Waals surface area contributed by atoms with Gasteiger partial charge in [0.2, 0.25) is 0 Å². The highest BCUT2D eigenvalue weighted by atomic mass is 79.9. The number of hydrogen-bond donors (Lipinski definition) is 2. The van der Waals surface area contributed by atoms with Crippen LogP contribution >= 0.6 is 27.5 Å². The van der Waals surface area contributed by atoms with Gasteiger partial charge in [-0.1, -0.05) is 16.8 Å². The summed E-state index contributed by atoms with van der Waals surface area (Å²) in [6, 6.07) is 5.10. The van der Waals surface area contributed by atoms with Crippen molar-refractivity contribution < 1.29 is 23.8 Å². The molecule has 0 saturated heterocycles. The fourth-order valence-corrected chi connectivity index (χ4v) is 3.55. The van der Waals surface area contributed by atoms with E-state index in [1.807, 2.05) is 6.92 Å². The molecule has 3 rings (SSSR count). The number of nitrogens with zero attached hydrogens (tertiary/aromatic N) is 5. The summed E-state index contributed by atoms with van der Waals surface area (Å²) in [5, 5.41) is 24.4. The molecule has 15 heteroatoms. The fourth-order valence-electron chi connectivity index (χ4n) is 2.89. The average Bonchev–Trinajstić information content (AvgIpc) is 3.38. The van der Waals surface area contributed by atoms with Crippen LogP contribution in [0, 0.1) is 24.0 Å². The standard InChI is InChI=1S/C20H21BrClN7O6/c1-10-8-13(22)4-5-14(10)34-12(3)18(30)23-6-7-24-19(31)20-25-15(27-35-20)9-28-11(2)16(21)17(26-28)29(32)33/h4-5,8,12H,6-7,9H2,1-3H3,(H,23,30)(H,24,31). The van der Waals surface area contributed by atoms with Gasteiger partial charge in [-0.15, -0.1) is 0 Å². The van der Waals surface area contributed by atoms with Crippen LogP contribution < -0.4 is 15.4 Å². The highest BCUT2D eigenvalue weighted by Gasteiger charge is 2.25. The molecule has 0 aliphatic rings. The lowest BCUT2D eigenvalue weighted by Crippen LogP contribution is -2.40. The molecule has 0 bridgehead atoms. The fraction of sp³-hybridized carbons (Fsp3) is 0.350. The molecule has 35 heavy (non-hydrogen) atoms. The first kappa shape index (κ1) is 26.1. The zero-order valence-corrected chi connectivity index (χ0v) is 21.2. The van der Waals surface area contributed by atoms with Crippen LogP contribution in [0.3, 0.4) is 0 Å². The number of halogens is 2. The van der Waals surface area contributed by atoms with Crippen molar-refractivity contribution in [1.82, 2.24) is 30.6 Å². The molecule has 0 aliphatic carbocycles. The Morgan fingerprint density at radius 3 is 2.69 bits per heavy atom. The largest absolute Gasteiger partial charge is 0.481 e. The van der Waals surface area contributed by atoms with Crippen LogP contribution in [0.4, 0.5) is 5.82 Å². The first-order valence-electron chi connectivity index (χ1n) is 10.3. The Balaban J connectivity index is 1.45. The molecule has 0 fully saturated rings. The van der Waals surface area contributed by atoms with E-state index in [9.17, 15) is 19.7 Å². The predicted octanol–water partition coefficient (Wildman–Crippen LogP) is 2.57. The average molecular weight is 571 g/mol. The zero-order valence-electron chi connectivity index (χ0n) is 18.9. The number of nitro groups is 1. The van der Waals surface area contributed by atoms with E-state index in [4.69, 9.17) is 20.9 Å². The number of amides is 2. The molecule has 2 N–H and O–H groups in total. The smallest absolute Gasteiger partial charge is 0.404 e. The lowest BCUT2D eigenvalue weighted by molar-refractivity contribution is -0.390. The molecular weight excluding hydrogens is 550 g/mol. The van der Waals surface area contributed by atoms with Crippen LogP contribution in [-0.4, -0.2) is 55.9 Å². The number of carbonyl (C=O) groups is 2. The third-order valence-corrected chi connectivity index (χ3v) is 5.93. The molecule has 13 nitrogen and oxygen atoms in total. The Hall–Kier alpha value is -3.52. The second kappa shape index (κ2) is 11.3. The van der Waals surface area contributed by atoms with Crippen molar-refractivity contribution in [2.24, 2.45) is 0 Å². The molecule has 1 aromatic carbocycles. The van der Waals surface area contributed by atoms with Gasteiger partial charge in [-0.05, 0) is 65.4 Å². The minimum Gasteiger partial charge on any atom is -0.481 e. The maximum absolute atomic E-state index is 12.2. The maximum atomic E-state index is 12.2. The molecule has 0 spiro atoms. The Morgan fingerprint density at radius 2 is 2.03 bits per heavy atom. The summed E-state index contributed by atoms with van der Waals surface area (Å²) in [5.41, 5.74) is 1.30. The van der Waals surface area contributed by atoms with Gasteiger partial charge in [-0.25, -0.2) is 0 Å². The number of hydrogen-bond acceptors (Lipinski definition) is 9. The van der Waals surface area contributed by atoms with E-state index < -0.39 is 16.9 Å². The molecular formula is C20H21BrClN7O6. The van der Waals surface area contributed by atoms with Gasteiger partial charge in [0.15, 0.2) is 11.9 Å². The van der Waals surface area contributed by atoms with Crippen LogP contribution in [0.1, 0.15) is 34.7 Å². The van der Waals surface area contributed by atoms with Crippen molar-refractivity contribution in [3.8, 4) is 5.75 Å². The molecule has 2 heterocycles. The van der Waals surface area contributed by atoms with E-state index in [2.05, 4.69) is 41.8 Å². The lowest BCUT2D eigenvalue weighted by atomic mass is 10.2. The minimum absolute atomic E-state index is 0.0317. The second-order valence-corrected chi connectivity index (χ2v) is 8.60. The summed E-state index contributed by atoms with van der Waals surface area (Å²) in [7, 11) is 0. The third-order valence-electron chi connectivity index (χ3n) is 4.76. The monoisotopic (exact) mass is 569 g/mol. The van der Waals surface area contributed by atoms with Crippen molar-refractivity contribution in [1.29, 1.82) is 0 Å². The SMILES string of the molecule is Cc1cc(Cl)ccc1OC(C)C(=O)NCCNC(=O)c1nc(Cn2nc([N+](=O)[O-])c(Br)c2C)no1. The van der Waals surface area contributed by atoms with Gasteiger partial charge < -0.3 is 30.0 Å². The molecule has 0 aliphatic heterocycles. The zero-order chi connectivity index (χ0) is 25.7. The first-order valence-corrected chi connectivity index (χ1v) is 11.4. The van der Waals surface area contributed by atoms with Crippen LogP contribution in [0.25, 0.3) is 0 Å². The molecule has 1 unspecified atom stereocenters. The molecule has 0 saturated carbocycles. The molecule has 186 valence electrons.